The van der Waals surface area contributed by atoms with Gasteiger partial charge in [0, 0.05) is 38.8 Å². The number of rotatable bonds is 14. The maximum absolute atomic E-state index is 14.6. The maximum Gasteiger partial charge on any atom is 0.248 e. The first kappa shape index (κ1) is 29.8. The van der Waals surface area contributed by atoms with Crippen molar-refractivity contribution in [1.82, 2.24) is 14.7 Å². The minimum absolute atomic E-state index is 0.0614. The van der Waals surface area contributed by atoms with Crippen LogP contribution in [0.3, 0.4) is 0 Å². The fraction of sp³-hybridized carbons (Fsp3) is 0.774. The van der Waals surface area contributed by atoms with Crippen LogP contribution in [0, 0.1) is 11.8 Å². The normalized spacial score (nSPS) is 31.8. The molecule has 4 fully saturated rings. The van der Waals surface area contributed by atoms with E-state index < -0.39 is 29.1 Å². The number of nitrogens with zero attached hydrogens (tertiary/aromatic N) is 3. The van der Waals surface area contributed by atoms with E-state index in [4.69, 9.17) is 4.74 Å². The number of hydrogen-bond donors (Lipinski definition) is 1. The second-order valence-corrected chi connectivity index (χ2v) is 12.2. The highest BCUT2D eigenvalue weighted by molar-refractivity contribution is 5.99. The van der Waals surface area contributed by atoms with Gasteiger partial charge < -0.3 is 24.5 Å². The number of ether oxygens (including phenoxy) is 1. The Kier molecular flexibility index (Phi) is 9.58. The van der Waals surface area contributed by atoms with Crippen molar-refractivity contribution < 1.29 is 24.2 Å². The lowest BCUT2D eigenvalue weighted by Gasteiger charge is -2.40. The van der Waals surface area contributed by atoms with E-state index in [9.17, 15) is 19.5 Å². The minimum atomic E-state index is -1.000. The number of carbonyl (C=O) groups is 3. The van der Waals surface area contributed by atoms with Crippen LogP contribution in [0.1, 0.15) is 84.5 Å². The zero-order valence-corrected chi connectivity index (χ0v) is 24.1. The van der Waals surface area contributed by atoms with Gasteiger partial charge >= 0.3 is 0 Å². The summed E-state index contributed by atoms with van der Waals surface area (Å²) in [5, 5.41) is 9.29. The third-order valence-electron chi connectivity index (χ3n) is 9.61. The van der Waals surface area contributed by atoms with E-state index in [-0.39, 0.29) is 30.4 Å². The van der Waals surface area contributed by atoms with Crippen LogP contribution in [0.2, 0.25) is 0 Å². The van der Waals surface area contributed by atoms with Crippen molar-refractivity contribution in [2.24, 2.45) is 11.8 Å². The first-order chi connectivity index (χ1) is 18.8. The van der Waals surface area contributed by atoms with Crippen molar-refractivity contribution in [2.45, 2.75) is 108 Å². The van der Waals surface area contributed by atoms with Gasteiger partial charge in [0.2, 0.25) is 17.7 Å². The van der Waals surface area contributed by atoms with Crippen LogP contribution in [0.15, 0.2) is 25.3 Å². The van der Waals surface area contributed by atoms with Crippen LogP contribution in [0.4, 0.5) is 0 Å². The summed E-state index contributed by atoms with van der Waals surface area (Å²) in [4.78, 5) is 48.4. The molecule has 3 heterocycles. The summed E-state index contributed by atoms with van der Waals surface area (Å²) in [7, 11) is 0. The van der Waals surface area contributed by atoms with Crippen LogP contribution >= 0.6 is 0 Å². The first-order valence-corrected chi connectivity index (χ1v) is 15.2. The summed E-state index contributed by atoms with van der Waals surface area (Å²) < 4.78 is 6.84. The van der Waals surface area contributed by atoms with Crippen LogP contribution in [-0.4, -0.2) is 93.6 Å². The van der Waals surface area contributed by atoms with Gasteiger partial charge in [0.15, 0.2) is 0 Å². The Morgan fingerprint density at radius 1 is 1.08 bits per heavy atom. The van der Waals surface area contributed by atoms with Crippen LogP contribution < -0.4 is 0 Å². The Morgan fingerprint density at radius 2 is 1.79 bits per heavy atom. The fourth-order valence-electron chi connectivity index (χ4n) is 7.91. The van der Waals surface area contributed by atoms with Gasteiger partial charge in [-0.05, 0) is 58.3 Å². The van der Waals surface area contributed by atoms with Gasteiger partial charge in [-0.1, -0.05) is 38.3 Å². The van der Waals surface area contributed by atoms with E-state index >= 15 is 0 Å². The third kappa shape index (κ3) is 5.31. The number of unbranched alkanes of at least 4 members (excludes halogenated alkanes) is 2. The zero-order chi connectivity index (χ0) is 28.2. The van der Waals surface area contributed by atoms with Gasteiger partial charge in [-0.3, -0.25) is 14.4 Å². The number of aliphatic hydroxyl groups excluding tert-OH is 1. The Bertz CT molecular complexity index is 933. The second-order valence-electron chi connectivity index (χ2n) is 12.2. The molecular formula is C31H49N3O5. The fourth-order valence-corrected chi connectivity index (χ4v) is 7.91. The Labute approximate surface area is 234 Å². The van der Waals surface area contributed by atoms with Crippen LogP contribution in [0.5, 0.6) is 0 Å². The standard InChI is InChI=1S/C31H49N3O5/c1-5-18-32(19-6-2)27(36)24-25-28(37)34(21-12-9-13-22-35)26(31(25)17-16-30(24,4)39-31)29(38)33(20-7-3)23-14-10-8-11-15-23/h5,7,23-26,35H,1,3,6,8-22H2,2,4H3/t24-,25+,26?,30+,31?/m1/s1. The molecule has 4 rings (SSSR count). The average Bonchev–Trinajstić information content (AvgIpc) is 3.50. The Balaban J connectivity index is 1.72. The van der Waals surface area contributed by atoms with Gasteiger partial charge in [0.05, 0.1) is 17.4 Å². The Morgan fingerprint density at radius 3 is 2.44 bits per heavy atom. The zero-order valence-electron chi connectivity index (χ0n) is 24.1. The summed E-state index contributed by atoms with van der Waals surface area (Å²) in [5.74, 6) is -1.55. The minimum Gasteiger partial charge on any atom is -0.396 e. The molecule has 8 nitrogen and oxygen atoms in total. The molecule has 0 aromatic heterocycles. The summed E-state index contributed by atoms with van der Waals surface area (Å²) in [6, 6.07) is -0.616. The lowest BCUT2D eigenvalue weighted by molar-refractivity contribution is -0.155. The number of likely N-dealkylation sites (tertiary alicyclic amines) is 1. The summed E-state index contributed by atoms with van der Waals surface area (Å²) in [6.07, 6.45) is 13.0. The molecule has 1 spiro atoms. The molecule has 8 heteroatoms. The summed E-state index contributed by atoms with van der Waals surface area (Å²) in [6.45, 7) is 13.8. The monoisotopic (exact) mass is 543 g/mol. The van der Waals surface area contributed by atoms with E-state index in [0.29, 0.717) is 51.9 Å². The highest BCUT2D eigenvalue weighted by Crippen LogP contribution is 2.63. The number of fused-ring (bicyclic) bond motifs is 1. The van der Waals surface area contributed by atoms with E-state index in [1.807, 2.05) is 18.7 Å². The largest absolute Gasteiger partial charge is 0.396 e. The van der Waals surface area contributed by atoms with Crippen molar-refractivity contribution in [1.29, 1.82) is 0 Å². The van der Waals surface area contributed by atoms with Gasteiger partial charge in [-0.15, -0.1) is 13.2 Å². The molecule has 1 N–H and O–H groups in total. The predicted molar refractivity (Wildman–Crippen MR) is 151 cm³/mol. The quantitative estimate of drug-likeness (QED) is 0.267. The molecule has 3 aliphatic heterocycles. The Hall–Kier alpha value is -2.19. The van der Waals surface area contributed by atoms with Crippen molar-refractivity contribution in [3.63, 3.8) is 0 Å². The number of amides is 3. The van der Waals surface area contributed by atoms with Gasteiger partial charge in [-0.2, -0.15) is 0 Å². The van der Waals surface area contributed by atoms with Crippen molar-refractivity contribution >= 4 is 17.7 Å². The second kappa shape index (κ2) is 12.5. The highest BCUT2D eigenvalue weighted by Gasteiger charge is 2.78. The summed E-state index contributed by atoms with van der Waals surface area (Å²) >= 11 is 0. The molecular weight excluding hydrogens is 494 g/mol. The average molecular weight is 544 g/mol. The molecule has 0 aromatic carbocycles. The topological polar surface area (TPSA) is 90.4 Å². The molecule has 1 saturated carbocycles. The SMILES string of the molecule is C=CCN(CCC)C(=O)[C@H]1[C@H]2C(=O)N(CCCCCO)C(C(=O)N(CC=C)C3CCCCC3)C23CC[C@]1(C)O3. The van der Waals surface area contributed by atoms with Gasteiger partial charge in [-0.25, -0.2) is 0 Å². The first-order valence-electron chi connectivity index (χ1n) is 15.2. The van der Waals surface area contributed by atoms with E-state index in [1.165, 1.54) is 6.42 Å². The van der Waals surface area contributed by atoms with Gasteiger partial charge in [0.25, 0.3) is 0 Å². The molecule has 2 bridgehead atoms. The third-order valence-corrected chi connectivity index (χ3v) is 9.61. The number of aliphatic hydroxyl groups is 1. The smallest absolute Gasteiger partial charge is 0.248 e. The summed E-state index contributed by atoms with van der Waals surface area (Å²) in [5.41, 5.74) is -1.78. The predicted octanol–water partition coefficient (Wildman–Crippen LogP) is 3.69. The molecule has 0 radical (unpaired) electrons. The molecule has 3 amide bonds. The van der Waals surface area contributed by atoms with Crippen molar-refractivity contribution in [2.75, 3.05) is 32.8 Å². The molecule has 0 aromatic rings. The molecule has 2 unspecified atom stereocenters. The molecule has 218 valence electrons. The highest BCUT2D eigenvalue weighted by atomic mass is 16.5. The van der Waals surface area contributed by atoms with Gasteiger partial charge in [0.1, 0.15) is 11.6 Å². The van der Waals surface area contributed by atoms with Crippen LogP contribution in [0.25, 0.3) is 0 Å². The molecule has 5 atom stereocenters. The number of carbonyl (C=O) groups excluding carboxylic acids is 3. The van der Waals surface area contributed by atoms with E-state index in [1.54, 1.807) is 22.0 Å². The lowest BCUT2D eigenvalue weighted by atomic mass is 9.66. The van der Waals surface area contributed by atoms with E-state index in [0.717, 1.165) is 38.5 Å². The maximum atomic E-state index is 14.6. The molecule has 1 aliphatic carbocycles. The molecule has 39 heavy (non-hydrogen) atoms. The van der Waals surface area contributed by atoms with Crippen molar-refractivity contribution in [3.8, 4) is 0 Å². The molecule has 4 aliphatic rings. The van der Waals surface area contributed by atoms with E-state index in [2.05, 4.69) is 13.2 Å². The van der Waals surface area contributed by atoms with Crippen LogP contribution in [-0.2, 0) is 19.1 Å². The molecule has 3 saturated heterocycles. The van der Waals surface area contributed by atoms with Crippen molar-refractivity contribution in [3.05, 3.63) is 25.3 Å². The number of hydrogen-bond acceptors (Lipinski definition) is 5. The lowest BCUT2D eigenvalue weighted by Crippen LogP contribution is -2.58.